The molecule has 0 saturated heterocycles. The monoisotopic (exact) mass is 400 g/mol. The molecule has 1 aromatic rings. The zero-order valence-electron chi connectivity index (χ0n) is 15.2. The summed E-state index contributed by atoms with van der Waals surface area (Å²) in [6, 6.07) is 3.66. The zero-order valence-corrected chi connectivity index (χ0v) is 16.7. The lowest BCUT2D eigenvalue weighted by atomic mass is 10.1. The average molecular weight is 401 g/mol. The van der Waals surface area contributed by atoms with Crippen LogP contribution in [-0.2, 0) is 9.47 Å². The molecule has 0 aliphatic carbocycles. The summed E-state index contributed by atoms with van der Waals surface area (Å²) in [7, 11) is 0. The number of benzene rings is 1. The van der Waals surface area contributed by atoms with Gasteiger partial charge in [-0.15, -0.1) is 6.58 Å². The largest absolute Gasteiger partial charge is 0.430 e. The normalized spacial score (nSPS) is 18.2. The number of alkyl halides is 2. The third kappa shape index (κ3) is 4.07. The lowest BCUT2D eigenvalue weighted by Gasteiger charge is -2.29. The van der Waals surface area contributed by atoms with Crippen LogP contribution in [0.4, 0.5) is 21.0 Å². The third-order valence-corrected chi connectivity index (χ3v) is 4.18. The van der Waals surface area contributed by atoms with E-state index in [0.717, 1.165) is 11.1 Å². The Morgan fingerprint density at radius 3 is 1.77 bits per heavy atom. The van der Waals surface area contributed by atoms with Crippen molar-refractivity contribution in [1.82, 2.24) is 0 Å². The lowest BCUT2D eigenvalue weighted by Crippen LogP contribution is -2.49. The molecule has 0 aromatic heterocycles. The zero-order chi connectivity index (χ0) is 19.6. The van der Waals surface area contributed by atoms with E-state index in [1.807, 2.05) is 26.0 Å². The summed E-state index contributed by atoms with van der Waals surface area (Å²) in [6.07, 6.45) is -0.0688. The van der Waals surface area contributed by atoms with Crippen molar-refractivity contribution >= 4 is 46.8 Å². The maximum Gasteiger partial charge on any atom is 0.417 e. The second kappa shape index (κ2) is 8.18. The first-order chi connectivity index (χ1) is 12.2. The van der Waals surface area contributed by atoms with E-state index in [1.54, 1.807) is 19.9 Å². The van der Waals surface area contributed by atoms with Crippen LogP contribution in [0.25, 0.3) is 0 Å². The van der Waals surface area contributed by atoms with Gasteiger partial charge in [-0.2, -0.15) is 0 Å². The number of ether oxygens (including phenoxy) is 2. The van der Waals surface area contributed by atoms with E-state index in [9.17, 15) is 9.59 Å². The van der Waals surface area contributed by atoms with E-state index in [0.29, 0.717) is 17.8 Å². The predicted molar refractivity (Wildman–Crippen MR) is 103 cm³/mol. The molecule has 2 unspecified atom stereocenters. The third-order valence-electron chi connectivity index (χ3n) is 4.00. The van der Waals surface area contributed by atoms with Crippen LogP contribution in [0.1, 0.15) is 31.4 Å². The minimum absolute atomic E-state index is 0.310. The fourth-order valence-corrected chi connectivity index (χ4v) is 2.95. The summed E-state index contributed by atoms with van der Waals surface area (Å²) in [5.74, 6) is 0. The van der Waals surface area contributed by atoms with Crippen molar-refractivity contribution < 1.29 is 19.1 Å². The van der Waals surface area contributed by atoms with E-state index in [2.05, 4.69) is 6.58 Å². The van der Waals surface area contributed by atoms with Gasteiger partial charge in [-0.05, 0) is 51.0 Å². The van der Waals surface area contributed by atoms with Gasteiger partial charge in [-0.1, -0.05) is 29.3 Å². The first-order valence-corrected chi connectivity index (χ1v) is 9.04. The van der Waals surface area contributed by atoms with Crippen molar-refractivity contribution in [3.63, 3.8) is 0 Å². The number of halogens is 2. The number of hydrogen-bond donors (Lipinski definition) is 0. The van der Waals surface area contributed by atoms with Crippen LogP contribution in [0.15, 0.2) is 24.8 Å². The van der Waals surface area contributed by atoms with Gasteiger partial charge in [0.1, 0.15) is 6.17 Å². The standard InChI is InChI=1S/C18H22Cl2N2O4/c1-6-7-16-21(17(23)25-12(4)19)14-8-10(2)11(3)9-15(14)22(16)18(24)26-13(5)20/h6,8-9,12-13,16H,1,7H2,2-5H3. The van der Waals surface area contributed by atoms with Crippen molar-refractivity contribution in [2.24, 2.45) is 0 Å². The quantitative estimate of drug-likeness (QED) is 0.509. The Morgan fingerprint density at radius 2 is 1.46 bits per heavy atom. The number of carbonyl (C=O) groups is 2. The van der Waals surface area contributed by atoms with E-state index in [1.165, 1.54) is 9.80 Å². The Balaban J connectivity index is 2.58. The predicted octanol–water partition coefficient (Wildman–Crippen LogP) is 5.27. The van der Waals surface area contributed by atoms with Gasteiger partial charge in [0.25, 0.3) is 0 Å². The molecule has 2 rings (SSSR count). The van der Waals surface area contributed by atoms with Crippen molar-refractivity contribution in [3.05, 3.63) is 35.9 Å². The molecule has 2 amide bonds. The number of carbonyl (C=O) groups excluding carboxylic acids is 2. The maximum atomic E-state index is 12.7. The SMILES string of the molecule is C=CCC1N(C(=O)OC(C)Cl)c2cc(C)c(C)cc2N1C(=O)OC(C)Cl. The number of amides is 2. The molecule has 0 saturated carbocycles. The summed E-state index contributed by atoms with van der Waals surface area (Å²) in [5.41, 5.74) is 1.40. The minimum atomic E-state index is -0.814. The molecule has 1 heterocycles. The first kappa shape index (κ1) is 20.4. The molecule has 0 bridgehead atoms. The molecule has 0 fully saturated rings. The van der Waals surface area contributed by atoms with Gasteiger partial charge in [0, 0.05) is 6.42 Å². The molecule has 0 radical (unpaired) electrons. The van der Waals surface area contributed by atoms with Crippen LogP contribution in [0, 0.1) is 13.8 Å². The highest BCUT2D eigenvalue weighted by Gasteiger charge is 2.44. The van der Waals surface area contributed by atoms with Crippen molar-refractivity contribution in [2.45, 2.75) is 51.4 Å². The minimum Gasteiger partial charge on any atom is -0.430 e. The molecular formula is C18H22Cl2N2O4. The number of anilines is 2. The Hall–Kier alpha value is -1.92. The van der Waals surface area contributed by atoms with Crippen LogP contribution in [0.2, 0.25) is 0 Å². The van der Waals surface area contributed by atoms with Gasteiger partial charge in [0.2, 0.25) is 0 Å². The first-order valence-electron chi connectivity index (χ1n) is 8.17. The molecule has 1 aliphatic rings. The highest BCUT2D eigenvalue weighted by atomic mass is 35.5. The van der Waals surface area contributed by atoms with Crippen LogP contribution in [0.5, 0.6) is 0 Å². The van der Waals surface area contributed by atoms with Crippen LogP contribution in [0.3, 0.4) is 0 Å². The summed E-state index contributed by atoms with van der Waals surface area (Å²) >= 11 is 11.6. The highest BCUT2D eigenvalue weighted by molar-refractivity contribution is 6.20. The topological polar surface area (TPSA) is 59.1 Å². The van der Waals surface area contributed by atoms with Crippen LogP contribution in [-0.4, -0.2) is 29.5 Å². The second-order valence-electron chi connectivity index (χ2n) is 6.02. The molecular weight excluding hydrogens is 379 g/mol. The van der Waals surface area contributed by atoms with Gasteiger partial charge in [0.15, 0.2) is 11.1 Å². The number of hydrogen-bond acceptors (Lipinski definition) is 4. The summed E-state index contributed by atoms with van der Waals surface area (Å²) < 4.78 is 10.3. The van der Waals surface area contributed by atoms with Gasteiger partial charge >= 0.3 is 12.2 Å². The molecule has 1 aromatic carbocycles. The molecule has 0 N–H and O–H groups in total. The summed E-state index contributed by atoms with van der Waals surface area (Å²) in [6.45, 7) is 10.7. The average Bonchev–Trinajstić information content (AvgIpc) is 2.80. The number of rotatable bonds is 4. The molecule has 1 aliphatic heterocycles. The second-order valence-corrected chi connectivity index (χ2v) is 7.25. The summed E-state index contributed by atoms with van der Waals surface area (Å²) in [4.78, 5) is 28.1. The van der Waals surface area contributed by atoms with Crippen molar-refractivity contribution in [3.8, 4) is 0 Å². The van der Waals surface area contributed by atoms with Crippen molar-refractivity contribution in [2.75, 3.05) is 9.80 Å². The van der Waals surface area contributed by atoms with Crippen LogP contribution < -0.4 is 9.80 Å². The Labute approximate surface area is 163 Å². The van der Waals surface area contributed by atoms with Gasteiger partial charge < -0.3 is 9.47 Å². The molecule has 2 atom stereocenters. The van der Waals surface area contributed by atoms with E-state index < -0.39 is 29.5 Å². The fourth-order valence-electron chi connectivity index (χ4n) is 2.80. The highest BCUT2D eigenvalue weighted by Crippen LogP contribution is 2.43. The van der Waals surface area contributed by atoms with Crippen molar-refractivity contribution in [1.29, 1.82) is 0 Å². The Kier molecular flexibility index (Phi) is 6.42. The van der Waals surface area contributed by atoms with Gasteiger partial charge in [0.05, 0.1) is 11.4 Å². The number of fused-ring (bicyclic) bond motifs is 1. The molecule has 142 valence electrons. The number of aryl methyl sites for hydroxylation is 2. The Bertz CT molecular complexity index is 666. The van der Waals surface area contributed by atoms with E-state index in [4.69, 9.17) is 32.7 Å². The Morgan fingerprint density at radius 1 is 1.08 bits per heavy atom. The molecule has 0 spiro atoms. The number of nitrogens with zero attached hydrogens (tertiary/aromatic N) is 2. The van der Waals surface area contributed by atoms with Gasteiger partial charge in [-0.25, -0.2) is 9.59 Å². The molecule has 8 heteroatoms. The smallest absolute Gasteiger partial charge is 0.417 e. The van der Waals surface area contributed by atoms with Crippen LogP contribution >= 0.6 is 23.2 Å². The van der Waals surface area contributed by atoms with E-state index >= 15 is 0 Å². The summed E-state index contributed by atoms with van der Waals surface area (Å²) in [5, 5.41) is 0. The molecule has 6 nitrogen and oxygen atoms in total. The van der Waals surface area contributed by atoms with Gasteiger partial charge in [-0.3, -0.25) is 9.80 Å². The fraction of sp³-hybridized carbons (Fsp3) is 0.444. The molecule has 26 heavy (non-hydrogen) atoms. The van der Waals surface area contributed by atoms with E-state index in [-0.39, 0.29) is 0 Å². The maximum absolute atomic E-state index is 12.7. The lowest BCUT2D eigenvalue weighted by molar-refractivity contribution is 0.138.